The van der Waals surface area contributed by atoms with E-state index in [9.17, 15) is 9.59 Å². The summed E-state index contributed by atoms with van der Waals surface area (Å²) in [6, 6.07) is 8.82. The average molecular weight is 299 g/mol. The molecule has 3 rings (SSSR count). The number of anilines is 1. The maximum absolute atomic E-state index is 12.2. The Morgan fingerprint density at radius 3 is 2.86 bits per heavy atom. The van der Waals surface area contributed by atoms with Crippen LogP contribution in [0.25, 0.3) is 0 Å². The Bertz CT molecular complexity index is 695. The van der Waals surface area contributed by atoms with Crippen LogP contribution in [0.15, 0.2) is 30.3 Å². The number of carbonyl (C=O) groups is 2. The van der Waals surface area contributed by atoms with Gasteiger partial charge in [-0.15, -0.1) is 0 Å². The number of benzene rings is 1. The summed E-state index contributed by atoms with van der Waals surface area (Å²) in [6.45, 7) is 1.00. The van der Waals surface area contributed by atoms with Gasteiger partial charge in [-0.1, -0.05) is 18.2 Å². The summed E-state index contributed by atoms with van der Waals surface area (Å²) in [5.41, 5.74) is 8.13. The summed E-state index contributed by atoms with van der Waals surface area (Å²) in [7, 11) is 0. The number of rotatable bonds is 3. The SMILES string of the molecule is Nc1n[nH]c2c1CCN(C(=O)CNC(=O)c1ccccc1)C2. The van der Waals surface area contributed by atoms with Crippen molar-refractivity contribution < 1.29 is 9.59 Å². The highest BCUT2D eigenvalue weighted by Gasteiger charge is 2.24. The fraction of sp³-hybridized carbons (Fsp3) is 0.267. The van der Waals surface area contributed by atoms with Gasteiger partial charge in [0.2, 0.25) is 5.91 Å². The van der Waals surface area contributed by atoms with Gasteiger partial charge in [-0.05, 0) is 18.6 Å². The number of nitrogens with two attached hydrogens (primary N) is 1. The predicted molar refractivity (Wildman–Crippen MR) is 80.9 cm³/mol. The van der Waals surface area contributed by atoms with Crippen LogP contribution < -0.4 is 11.1 Å². The predicted octanol–water partition coefficient (Wildman–Crippen LogP) is 0.307. The first-order valence-corrected chi connectivity index (χ1v) is 7.08. The standard InChI is InChI=1S/C15H17N5O2/c16-14-11-6-7-20(9-12(11)18-19-14)13(21)8-17-15(22)10-4-2-1-3-5-10/h1-5H,6-9H2,(H,17,22)(H3,16,18,19). The van der Waals surface area contributed by atoms with E-state index < -0.39 is 0 Å². The number of H-pyrrole nitrogens is 1. The van der Waals surface area contributed by atoms with E-state index in [-0.39, 0.29) is 18.4 Å². The highest BCUT2D eigenvalue weighted by molar-refractivity contribution is 5.96. The molecular formula is C15H17N5O2. The van der Waals surface area contributed by atoms with Crippen LogP contribution in [0, 0.1) is 0 Å². The number of aromatic nitrogens is 2. The minimum Gasteiger partial charge on any atom is -0.382 e. The second-order valence-electron chi connectivity index (χ2n) is 5.18. The van der Waals surface area contributed by atoms with E-state index >= 15 is 0 Å². The second kappa shape index (κ2) is 5.88. The number of nitrogen functional groups attached to an aromatic ring is 1. The van der Waals surface area contributed by atoms with E-state index in [0.717, 1.165) is 11.3 Å². The minimum atomic E-state index is -0.252. The molecule has 0 spiro atoms. The number of fused-ring (bicyclic) bond motifs is 1. The first kappa shape index (κ1) is 14.1. The van der Waals surface area contributed by atoms with Crippen molar-refractivity contribution in [3.05, 3.63) is 47.2 Å². The van der Waals surface area contributed by atoms with Crippen LogP contribution in [-0.2, 0) is 17.8 Å². The number of hydrogen-bond acceptors (Lipinski definition) is 4. The lowest BCUT2D eigenvalue weighted by atomic mass is 10.1. The molecule has 2 heterocycles. The molecule has 0 saturated carbocycles. The first-order valence-electron chi connectivity index (χ1n) is 7.08. The maximum Gasteiger partial charge on any atom is 0.251 e. The summed E-state index contributed by atoms with van der Waals surface area (Å²) in [6.07, 6.45) is 0.677. The summed E-state index contributed by atoms with van der Waals surface area (Å²) in [5, 5.41) is 9.44. The molecule has 1 aliphatic heterocycles. The van der Waals surface area contributed by atoms with Crippen molar-refractivity contribution in [3.8, 4) is 0 Å². The van der Waals surface area contributed by atoms with E-state index in [0.29, 0.717) is 30.9 Å². The lowest BCUT2D eigenvalue weighted by molar-refractivity contribution is -0.131. The quantitative estimate of drug-likeness (QED) is 0.758. The summed E-state index contributed by atoms with van der Waals surface area (Å²) < 4.78 is 0. The van der Waals surface area contributed by atoms with Gasteiger partial charge in [-0.2, -0.15) is 5.10 Å². The third kappa shape index (κ3) is 2.78. The van der Waals surface area contributed by atoms with Gasteiger partial charge in [-0.3, -0.25) is 14.7 Å². The van der Waals surface area contributed by atoms with E-state index in [1.54, 1.807) is 29.2 Å². The largest absolute Gasteiger partial charge is 0.382 e. The maximum atomic E-state index is 12.2. The third-order valence-corrected chi connectivity index (χ3v) is 3.75. The number of nitrogens with zero attached hydrogens (tertiary/aromatic N) is 2. The number of hydrogen-bond donors (Lipinski definition) is 3. The van der Waals surface area contributed by atoms with Crippen LogP contribution in [-0.4, -0.2) is 40.0 Å². The lowest BCUT2D eigenvalue weighted by Crippen LogP contribution is -2.42. The molecule has 2 aromatic rings. The van der Waals surface area contributed by atoms with E-state index in [1.165, 1.54) is 0 Å². The van der Waals surface area contributed by atoms with E-state index in [1.807, 2.05) is 6.07 Å². The Morgan fingerprint density at radius 1 is 1.32 bits per heavy atom. The van der Waals surface area contributed by atoms with Gasteiger partial charge in [0.25, 0.3) is 5.91 Å². The molecule has 0 fully saturated rings. The summed E-state index contributed by atoms with van der Waals surface area (Å²) in [5.74, 6) is 0.125. The van der Waals surface area contributed by atoms with Gasteiger partial charge in [0.15, 0.2) is 0 Å². The van der Waals surface area contributed by atoms with Crippen molar-refractivity contribution in [2.24, 2.45) is 0 Å². The van der Waals surface area contributed by atoms with Crippen LogP contribution in [0.1, 0.15) is 21.6 Å². The molecule has 114 valence electrons. The molecule has 0 saturated heterocycles. The Hall–Kier alpha value is -2.83. The summed E-state index contributed by atoms with van der Waals surface area (Å²) >= 11 is 0. The minimum absolute atomic E-state index is 0.0212. The number of aromatic amines is 1. The molecule has 0 bridgehead atoms. The zero-order valence-electron chi connectivity index (χ0n) is 12.0. The number of amides is 2. The van der Waals surface area contributed by atoms with Crippen LogP contribution >= 0.6 is 0 Å². The van der Waals surface area contributed by atoms with E-state index in [4.69, 9.17) is 5.73 Å². The monoisotopic (exact) mass is 299 g/mol. The average Bonchev–Trinajstić information content (AvgIpc) is 2.93. The zero-order valence-corrected chi connectivity index (χ0v) is 12.0. The Balaban J connectivity index is 1.56. The Kier molecular flexibility index (Phi) is 3.78. The molecule has 2 amide bonds. The highest BCUT2D eigenvalue weighted by Crippen LogP contribution is 2.21. The molecular weight excluding hydrogens is 282 g/mol. The van der Waals surface area contributed by atoms with Crippen LogP contribution in [0.4, 0.5) is 5.82 Å². The molecule has 1 aliphatic rings. The fourth-order valence-electron chi connectivity index (χ4n) is 2.52. The normalized spacial score (nSPS) is 13.5. The molecule has 0 unspecified atom stereocenters. The molecule has 22 heavy (non-hydrogen) atoms. The summed E-state index contributed by atoms with van der Waals surface area (Å²) in [4.78, 5) is 25.8. The van der Waals surface area contributed by atoms with Crippen molar-refractivity contribution in [2.45, 2.75) is 13.0 Å². The molecule has 0 aliphatic carbocycles. The molecule has 4 N–H and O–H groups in total. The van der Waals surface area contributed by atoms with Gasteiger partial charge in [-0.25, -0.2) is 0 Å². The highest BCUT2D eigenvalue weighted by atomic mass is 16.2. The molecule has 1 aromatic heterocycles. The van der Waals surface area contributed by atoms with Gasteiger partial charge < -0.3 is 16.0 Å². The van der Waals surface area contributed by atoms with Crippen LogP contribution in [0.2, 0.25) is 0 Å². The van der Waals surface area contributed by atoms with Crippen LogP contribution in [0.5, 0.6) is 0 Å². The van der Waals surface area contributed by atoms with Gasteiger partial charge in [0.05, 0.1) is 18.8 Å². The van der Waals surface area contributed by atoms with E-state index in [2.05, 4.69) is 15.5 Å². The number of carbonyl (C=O) groups excluding carboxylic acids is 2. The van der Waals surface area contributed by atoms with Crippen molar-refractivity contribution in [1.82, 2.24) is 20.4 Å². The fourth-order valence-corrected chi connectivity index (χ4v) is 2.52. The molecule has 7 heteroatoms. The van der Waals surface area contributed by atoms with Crippen molar-refractivity contribution in [3.63, 3.8) is 0 Å². The zero-order chi connectivity index (χ0) is 15.5. The van der Waals surface area contributed by atoms with Crippen molar-refractivity contribution in [1.29, 1.82) is 0 Å². The van der Waals surface area contributed by atoms with Crippen LogP contribution in [0.3, 0.4) is 0 Å². The third-order valence-electron chi connectivity index (χ3n) is 3.75. The topological polar surface area (TPSA) is 104 Å². The van der Waals surface area contributed by atoms with Gasteiger partial charge >= 0.3 is 0 Å². The smallest absolute Gasteiger partial charge is 0.251 e. The first-order chi connectivity index (χ1) is 10.6. The molecule has 0 atom stereocenters. The molecule has 1 aromatic carbocycles. The number of nitrogens with one attached hydrogen (secondary N) is 2. The van der Waals surface area contributed by atoms with Gasteiger partial charge in [0.1, 0.15) is 5.82 Å². The van der Waals surface area contributed by atoms with Gasteiger partial charge in [0, 0.05) is 17.7 Å². The van der Waals surface area contributed by atoms with Crippen molar-refractivity contribution in [2.75, 3.05) is 18.8 Å². The molecule has 0 radical (unpaired) electrons. The second-order valence-corrected chi connectivity index (χ2v) is 5.18. The van der Waals surface area contributed by atoms with Crippen molar-refractivity contribution >= 4 is 17.6 Å². The lowest BCUT2D eigenvalue weighted by Gasteiger charge is -2.26. The molecule has 7 nitrogen and oxygen atoms in total. The Labute approximate surface area is 127 Å². The Morgan fingerprint density at radius 2 is 2.09 bits per heavy atom.